The molecule has 2 fully saturated rings. The second kappa shape index (κ2) is 8.78. The van der Waals surface area contributed by atoms with Crippen LogP contribution in [0.15, 0.2) is 36.7 Å². The van der Waals surface area contributed by atoms with Crippen LogP contribution >= 0.6 is 0 Å². The molecule has 0 spiro atoms. The highest BCUT2D eigenvalue weighted by Gasteiger charge is 2.24. The Bertz CT molecular complexity index is 778. The molecule has 3 heterocycles. The number of amides is 1. The number of nitrogens with zero attached hydrogens (tertiary/aromatic N) is 4. The molecule has 6 heteroatoms. The fraction of sp³-hybridized carbons (Fsp3) is 0.545. The molecular weight excluding hydrogens is 350 g/mol. The van der Waals surface area contributed by atoms with Crippen molar-refractivity contribution in [3.63, 3.8) is 0 Å². The largest absolute Gasteiger partial charge is 0.372 e. The number of hydrogen-bond donors (Lipinski definition) is 1. The summed E-state index contributed by atoms with van der Waals surface area (Å²) in [5.74, 6) is 0.688. The summed E-state index contributed by atoms with van der Waals surface area (Å²) in [6.45, 7) is 4.72. The van der Waals surface area contributed by atoms with Crippen LogP contribution < -0.4 is 10.2 Å². The van der Waals surface area contributed by atoms with Crippen LogP contribution in [-0.2, 0) is 18.3 Å². The SMILES string of the molecule is Cn1cc(CC2CCN(CC(=O)Nc3ccc(N4CCCCC4)cc3)C2)cn1. The van der Waals surface area contributed by atoms with Gasteiger partial charge in [-0.05, 0) is 74.4 Å². The molecule has 1 amide bonds. The first-order chi connectivity index (χ1) is 13.7. The van der Waals surface area contributed by atoms with Crippen molar-refractivity contribution in [3.05, 3.63) is 42.2 Å². The minimum atomic E-state index is 0.0766. The van der Waals surface area contributed by atoms with E-state index in [9.17, 15) is 4.79 Å². The molecule has 1 atom stereocenters. The van der Waals surface area contributed by atoms with E-state index in [2.05, 4.69) is 38.5 Å². The number of anilines is 2. The van der Waals surface area contributed by atoms with Gasteiger partial charge in [0.15, 0.2) is 0 Å². The molecule has 1 unspecified atom stereocenters. The molecule has 1 N–H and O–H groups in total. The van der Waals surface area contributed by atoms with Gasteiger partial charge in [0.1, 0.15) is 0 Å². The Balaban J connectivity index is 1.23. The standard InChI is InChI=1S/C22H31N5O/c1-25-15-19(14-23-25)13-18-9-12-26(16-18)17-22(28)24-20-5-7-21(8-6-20)27-10-3-2-4-11-27/h5-8,14-15,18H,2-4,9-13,16-17H2,1H3,(H,24,28). The third-order valence-corrected chi connectivity index (χ3v) is 5.89. The van der Waals surface area contributed by atoms with Crippen LogP contribution in [0.1, 0.15) is 31.2 Å². The zero-order valence-electron chi connectivity index (χ0n) is 16.8. The summed E-state index contributed by atoms with van der Waals surface area (Å²) < 4.78 is 1.85. The Morgan fingerprint density at radius 2 is 1.93 bits per heavy atom. The van der Waals surface area contributed by atoms with Crippen molar-refractivity contribution in [1.82, 2.24) is 14.7 Å². The molecule has 2 saturated heterocycles. The lowest BCUT2D eigenvalue weighted by Gasteiger charge is -2.28. The van der Waals surface area contributed by atoms with E-state index >= 15 is 0 Å². The predicted molar refractivity (Wildman–Crippen MR) is 113 cm³/mol. The second-order valence-corrected chi connectivity index (χ2v) is 8.26. The number of aromatic nitrogens is 2. The first-order valence-electron chi connectivity index (χ1n) is 10.5. The van der Waals surface area contributed by atoms with E-state index in [1.165, 1.54) is 30.5 Å². The second-order valence-electron chi connectivity index (χ2n) is 8.26. The van der Waals surface area contributed by atoms with Crippen molar-refractivity contribution >= 4 is 17.3 Å². The van der Waals surface area contributed by atoms with E-state index < -0.39 is 0 Å². The van der Waals surface area contributed by atoms with Gasteiger partial charge in [-0.2, -0.15) is 5.10 Å². The summed E-state index contributed by atoms with van der Waals surface area (Å²) in [7, 11) is 1.95. The first kappa shape index (κ1) is 19.0. The van der Waals surface area contributed by atoms with Crippen molar-refractivity contribution in [3.8, 4) is 0 Å². The van der Waals surface area contributed by atoms with Crippen molar-refractivity contribution < 1.29 is 4.79 Å². The molecular formula is C22H31N5O. The summed E-state index contributed by atoms with van der Waals surface area (Å²) in [6.07, 6.45) is 10.1. The maximum Gasteiger partial charge on any atom is 0.238 e. The number of piperidine rings is 1. The monoisotopic (exact) mass is 381 g/mol. The highest BCUT2D eigenvalue weighted by Crippen LogP contribution is 2.23. The molecule has 150 valence electrons. The molecule has 2 aliphatic heterocycles. The summed E-state index contributed by atoms with van der Waals surface area (Å²) in [4.78, 5) is 17.1. The van der Waals surface area contributed by atoms with Gasteiger partial charge in [-0.15, -0.1) is 0 Å². The fourth-order valence-corrected chi connectivity index (χ4v) is 4.45. The minimum absolute atomic E-state index is 0.0766. The van der Waals surface area contributed by atoms with E-state index in [1.54, 1.807) is 0 Å². The highest BCUT2D eigenvalue weighted by molar-refractivity contribution is 5.92. The van der Waals surface area contributed by atoms with Gasteiger partial charge in [-0.1, -0.05) is 0 Å². The van der Waals surface area contributed by atoms with Crippen molar-refractivity contribution in [2.75, 3.05) is 42.9 Å². The average molecular weight is 382 g/mol. The van der Waals surface area contributed by atoms with Gasteiger partial charge in [0.2, 0.25) is 5.91 Å². The Labute approximate surface area is 167 Å². The fourth-order valence-electron chi connectivity index (χ4n) is 4.45. The first-order valence-corrected chi connectivity index (χ1v) is 10.5. The number of likely N-dealkylation sites (tertiary alicyclic amines) is 1. The summed E-state index contributed by atoms with van der Waals surface area (Å²) >= 11 is 0. The van der Waals surface area contributed by atoms with Gasteiger partial charge in [0.05, 0.1) is 12.7 Å². The average Bonchev–Trinajstić information content (AvgIpc) is 3.32. The van der Waals surface area contributed by atoms with E-state index in [4.69, 9.17) is 0 Å². The maximum atomic E-state index is 12.4. The topological polar surface area (TPSA) is 53.4 Å². The van der Waals surface area contributed by atoms with Crippen LogP contribution in [0.4, 0.5) is 11.4 Å². The van der Waals surface area contributed by atoms with Gasteiger partial charge in [-0.3, -0.25) is 14.4 Å². The van der Waals surface area contributed by atoms with Gasteiger partial charge >= 0.3 is 0 Å². The quantitative estimate of drug-likeness (QED) is 0.836. The van der Waals surface area contributed by atoms with Crippen molar-refractivity contribution in [1.29, 1.82) is 0 Å². The Kier molecular flexibility index (Phi) is 5.95. The van der Waals surface area contributed by atoms with Gasteiger partial charge in [0, 0.05) is 44.3 Å². The third kappa shape index (κ3) is 4.93. The number of aryl methyl sites for hydroxylation is 1. The number of nitrogens with one attached hydrogen (secondary N) is 1. The molecule has 2 aromatic rings. The molecule has 28 heavy (non-hydrogen) atoms. The summed E-state index contributed by atoms with van der Waals surface area (Å²) in [5.41, 5.74) is 3.43. The lowest BCUT2D eigenvalue weighted by molar-refractivity contribution is -0.117. The third-order valence-electron chi connectivity index (χ3n) is 5.89. The van der Waals surface area contributed by atoms with E-state index in [1.807, 2.05) is 30.1 Å². The molecule has 6 nitrogen and oxygen atoms in total. The Morgan fingerprint density at radius 3 is 2.64 bits per heavy atom. The van der Waals surface area contributed by atoms with E-state index in [0.717, 1.165) is 44.7 Å². The van der Waals surface area contributed by atoms with Crippen LogP contribution in [0.3, 0.4) is 0 Å². The smallest absolute Gasteiger partial charge is 0.238 e. The van der Waals surface area contributed by atoms with Crippen LogP contribution in [0.2, 0.25) is 0 Å². The van der Waals surface area contributed by atoms with E-state index in [0.29, 0.717) is 12.5 Å². The van der Waals surface area contributed by atoms with Gasteiger partial charge in [-0.25, -0.2) is 0 Å². The van der Waals surface area contributed by atoms with Crippen LogP contribution in [-0.4, -0.2) is 53.3 Å². The van der Waals surface area contributed by atoms with E-state index in [-0.39, 0.29) is 5.91 Å². The summed E-state index contributed by atoms with van der Waals surface area (Å²) in [5, 5.41) is 7.30. The van der Waals surface area contributed by atoms with Crippen molar-refractivity contribution in [2.24, 2.45) is 13.0 Å². The Hall–Kier alpha value is -2.34. The lowest BCUT2D eigenvalue weighted by atomic mass is 10.0. The molecule has 1 aromatic heterocycles. The van der Waals surface area contributed by atoms with Crippen LogP contribution in [0.5, 0.6) is 0 Å². The number of carbonyl (C=O) groups is 1. The Morgan fingerprint density at radius 1 is 1.14 bits per heavy atom. The number of rotatable bonds is 6. The molecule has 4 rings (SSSR count). The maximum absolute atomic E-state index is 12.4. The number of hydrogen-bond acceptors (Lipinski definition) is 4. The van der Waals surface area contributed by atoms with Crippen LogP contribution in [0.25, 0.3) is 0 Å². The van der Waals surface area contributed by atoms with Crippen LogP contribution in [0, 0.1) is 5.92 Å². The molecule has 0 aliphatic carbocycles. The minimum Gasteiger partial charge on any atom is -0.372 e. The molecule has 0 saturated carbocycles. The molecule has 2 aliphatic rings. The molecule has 0 radical (unpaired) electrons. The number of carbonyl (C=O) groups excluding carboxylic acids is 1. The summed E-state index contributed by atoms with van der Waals surface area (Å²) in [6, 6.07) is 8.30. The molecule has 0 bridgehead atoms. The van der Waals surface area contributed by atoms with Gasteiger partial charge in [0.25, 0.3) is 0 Å². The van der Waals surface area contributed by atoms with Crippen molar-refractivity contribution in [2.45, 2.75) is 32.1 Å². The highest BCUT2D eigenvalue weighted by atomic mass is 16.2. The van der Waals surface area contributed by atoms with Gasteiger partial charge < -0.3 is 10.2 Å². The predicted octanol–water partition coefficient (Wildman–Crippen LogP) is 2.91. The normalized spacial score (nSPS) is 20.5. The zero-order valence-corrected chi connectivity index (χ0v) is 16.8. The molecule has 1 aromatic carbocycles. The number of benzene rings is 1. The zero-order chi connectivity index (χ0) is 19.3. The lowest BCUT2D eigenvalue weighted by Crippen LogP contribution is -2.32.